The van der Waals surface area contributed by atoms with Crippen LogP contribution in [0.1, 0.15) is 55.7 Å². The molecule has 0 aliphatic carbocycles. The van der Waals surface area contributed by atoms with Gasteiger partial charge in [0.15, 0.2) is 0 Å². The lowest BCUT2D eigenvalue weighted by Gasteiger charge is -2.28. The number of hydrogen-bond acceptors (Lipinski definition) is 5. The second-order valence-corrected chi connectivity index (χ2v) is 7.52. The summed E-state index contributed by atoms with van der Waals surface area (Å²) >= 11 is 0. The van der Waals surface area contributed by atoms with E-state index in [1.165, 1.54) is 10.1 Å². The van der Waals surface area contributed by atoms with Crippen LogP contribution in [0.5, 0.6) is 0 Å². The Labute approximate surface area is 162 Å². The molecular weight excluding hydrogens is 358 g/mol. The highest BCUT2D eigenvalue weighted by molar-refractivity contribution is 5.96. The van der Waals surface area contributed by atoms with Crippen LogP contribution in [-0.4, -0.2) is 22.1 Å². The smallest absolute Gasteiger partial charge is 0.337 e. The summed E-state index contributed by atoms with van der Waals surface area (Å²) in [7, 11) is 0. The number of hydrogen-bond donors (Lipinski definition) is 2. The molecule has 0 amide bonds. The maximum absolute atomic E-state index is 12.8. The zero-order valence-electron chi connectivity index (χ0n) is 16.2. The first-order valence-corrected chi connectivity index (χ1v) is 9.56. The molecule has 146 valence electrons. The Morgan fingerprint density at radius 2 is 1.89 bits per heavy atom. The average Bonchev–Trinajstić information content (AvgIpc) is 3.04. The summed E-state index contributed by atoms with van der Waals surface area (Å²) in [6.07, 6.45) is 0.731. The number of fused-ring (bicyclic) bond motifs is 1. The van der Waals surface area contributed by atoms with Crippen molar-refractivity contribution in [1.29, 1.82) is 0 Å². The molecule has 0 fully saturated rings. The molecule has 4 rings (SSSR count). The first kappa shape index (κ1) is 18.3. The molecule has 7 heteroatoms. The van der Waals surface area contributed by atoms with Crippen LogP contribution < -0.4 is 16.6 Å². The van der Waals surface area contributed by atoms with E-state index in [1.54, 1.807) is 0 Å². The summed E-state index contributed by atoms with van der Waals surface area (Å²) in [5, 5.41) is 3.13. The molecule has 2 aliphatic heterocycles. The first-order chi connectivity index (χ1) is 13.4. The van der Waals surface area contributed by atoms with Crippen molar-refractivity contribution in [2.24, 2.45) is 0 Å². The van der Waals surface area contributed by atoms with E-state index in [2.05, 4.69) is 24.1 Å². The molecule has 0 saturated heterocycles. The maximum atomic E-state index is 12.8. The number of ether oxygens (including phenoxy) is 1. The number of cyclic esters (lactones) is 1. The molecule has 1 atom stereocenters. The number of carbonyl (C=O) groups is 1. The lowest BCUT2D eigenvalue weighted by Crippen LogP contribution is -2.38. The molecule has 2 N–H and O–H groups in total. The van der Waals surface area contributed by atoms with E-state index >= 15 is 0 Å². The van der Waals surface area contributed by atoms with Crippen LogP contribution in [0, 0.1) is 0 Å². The van der Waals surface area contributed by atoms with Crippen LogP contribution in [0.2, 0.25) is 0 Å². The van der Waals surface area contributed by atoms with Gasteiger partial charge in [-0.25, -0.2) is 9.59 Å². The number of nitrogens with zero attached hydrogens (tertiary/aromatic N) is 1. The van der Waals surface area contributed by atoms with Gasteiger partial charge in [-0.05, 0) is 23.5 Å². The van der Waals surface area contributed by atoms with Gasteiger partial charge in [0.25, 0.3) is 5.56 Å². The topological polar surface area (TPSA) is 93.2 Å². The number of aromatic nitrogens is 2. The summed E-state index contributed by atoms with van der Waals surface area (Å²) in [4.78, 5) is 40.1. The van der Waals surface area contributed by atoms with Crippen molar-refractivity contribution in [3.05, 3.63) is 73.1 Å². The minimum atomic E-state index is -0.574. The molecule has 2 aliphatic rings. The van der Waals surface area contributed by atoms with Crippen LogP contribution in [0.25, 0.3) is 0 Å². The lowest BCUT2D eigenvalue weighted by atomic mass is 9.82. The summed E-state index contributed by atoms with van der Waals surface area (Å²) < 4.78 is 6.77. The fourth-order valence-electron chi connectivity index (χ4n) is 3.93. The highest BCUT2D eigenvalue weighted by atomic mass is 16.5. The highest BCUT2D eigenvalue weighted by Crippen LogP contribution is 2.42. The third-order valence-corrected chi connectivity index (χ3v) is 5.36. The van der Waals surface area contributed by atoms with E-state index in [0.29, 0.717) is 35.1 Å². The zero-order valence-corrected chi connectivity index (χ0v) is 16.2. The van der Waals surface area contributed by atoms with Gasteiger partial charge in [-0.2, -0.15) is 0 Å². The summed E-state index contributed by atoms with van der Waals surface area (Å²) in [6.45, 7) is 6.75. The Morgan fingerprint density at radius 1 is 1.18 bits per heavy atom. The monoisotopic (exact) mass is 381 g/mol. The van der Waals surface area contributed by atoms with Gasteiger partial charge in [0, 0.05) is 6.54 Å². The molecule has 0 bridgehead atoms. The van der Waals surface area contributed by atoms with Crippen molar-refractivity contribution in [3.63, 3.8) is 0 Å². The number of aromatic amines is 1. The first-order valence-electron chi connectivity index (χ1n) is 9.56. The summed E-state index contributed by atoms with van der Waals surface area (Å²) in [6, 6.07) is 7.91. The standard InChI is InChI=1S/C21H23N3O4/c1-4-9-24-18-17(19(25)23-21(24)27)15(16-14(22-18)10-28-20(16)26)13-7-5-12(6-8-13)11(2)3/h5-8,11,15,22H,4,9-10H2,1-3H3,(H,23,25,27)/t15-/m1/s1. The Morgan fingerprint density at radius 3 is 2.54 bits per heavy atom. The largest absolute Gasteiger partial charge is 0.456 e. The normalized spacial score (nSPS) is 18.0. The molecule has 1 aromatic heterocycles. The number of nitrogens with one attached hydrogen (secondary N) is 2. The Kier molecular flexibility index (Phi) is 4.45. The van der Waals surface area contributed by atoms with Crippen molar-refractivity contribution >= 4 is 11.8 Å². The number of carbonyl (C=O) groups excluding carboxylic acids is 1. The number of H-pyrrole nitrogens is 1. The quantitative estimate of drug-likeness (QED) is 0.794. The van der Waals surface area contributed by atoms with Crippen LogP contribution in [-0.2, 0) is 16.1 Å². The molecule has 7 nitrogen and oxygen atoms in total. The third-order valence-electron chi connectivity index (χ3n) is 5.36. The van der Waals surface area contributed by atoms with E-state index < -0.39 is 23.1 Å². The zero-order chi connectivity index (χ0) is 20.0. The Hall–Kier alpha value is -3.09. The van der Waals surface area contributed by atoms with Crippen molar-refractivity contribution in [3.8, 4) is 0 Å². The third kappa shape index (κ3) is 2.78. The number of benzene rings is 1. The fourth-order valence-corrected chi connectivity index (χ4v) is 3.93. The Bertz CT molecular complexity index is 1090. The van der Waals surface area contributed by atoms with Gasteiger partial charge in [0.1, 0.15) is 12.4 Å². The van der Waals surface area contributed by atoms with E-state index in [1.807, 2.05) is 31.2 Å². The Balaban J connectivity index is 1.97. The molecule has 0 spiro atoms. The number of esters is 1. The van der Waals surface area contributed by atoms with Crippen LogP contribution in [0.3, 0.4) is 0 Å². The van der Waals surface area contributed by atoms with E-state index in [9.17, 15) is 14.4 Å². The minimum absolute atomic E-state index is 0.112. The molecule has 0 saturated carbocycles. The second-order valence-electron chi connectivity index (χ2n) is 7.52. The number of anilines is 1. The molecule has 28 heavy (non-hydrogen) atoms. The van der Waals surface area contributed by atoms with Gasteiger partial charge in [-0.1, -0.05) is 45.0 Å². The molecule has 3 heterocycles. The summed E-state index contributed by atoms with van der Waals surface area (Å²) in [5.41, 5.74) is 2.49. The van der Waals surface area contributed by atoms with E-state index in [-0.39, 0.29) is 6.61 Å². The van der Waals surface area contributed by atoms with Gasteiger partial charge in [-0.15, -0.1) is 0 Å². The van der Waals surface area contributed by atoms with Gasteiger partial charge < -0.3 is 10.1 Å². The van der Waals surface area contributed by atoms with Crippen molar-refractivity contribution in [2.75, 3.05) is 11.9 Å². The minimum Gasteiger partial charge on any atom is -0.456 e. The van der Waals surface area contributed by atoms with E-state index in [4.69, 9.17) is 4.74 Å². The SMILES string of the molecule is CCCn1c2c(c(=O)[nH]c1=O)[C@H](c1ccc(C(C)C)cc1)C1=C(COC1=O)N2. The lowest BCUT2D eigenvalue weighted by molar-refractivity contribution is -0.136. The van der Waals surface area contributed by atoms with Gasteiger partial charge >= 0.3 is 11.7 Å². The molecule has 1 aromatic carbocycles. The molecule has 0 radical (unpaired) electrons. The van der Waals surface area contributed by atoms with Crippen molar-refractivity contribution in [2.45, 2.75) is 45.6 Å². The average molecular weight is 381 g/mol. The molecule has 2 aromatic rings. The highest BCUT2D eigenvalue weighted by Gasteiger charge is 2.41. The van der Waals surface area contributed by atoms with Crippen LogP contribution in [0.4, 0.5) is 5.82 Å². The van der Waals surface area contributed by atoms with Crippen LogP contribution >= 0.6 is 0 Å². The summed E-state index contributed by atoms with van der Waals surface area (Å²) in [5.74, 6) is -0.182. The number of rotatable bonds is 4. The van der Waals surface area contributed by atoms with Gasteiger partial charge in [-0.3, -0.25) is 14.3 Å². The predicted octanol–water partition coefficient (Wildman–Crippen LogP) is 2.44. The van der Waals surface area contributed by atoms with Crippen molar-refractivity contribution < 1.29 is 9.53 Å². The maximum Gasteiger partial charge on any atom is 0.337 e. The molecule has 0 unspecified atom stereocenters. The fraction of sp³-hybridized carbons (Fsp3) is 0.381. The van der Waals surface area contributed by atoms with Crippen LogP contribution in [0.15, 0.2) is 45.1 Å². The van der Waals surface area contributed by atoms with Gasteiger partial charge in [0.2, 0.25) is 0 Å². The molecular formula is C21H23N3O4. The van der Waals surface area contributed by atoms with Crippen molar-refractivity contribution in [1.82, 2.24) is 9.55 Å². The predicted molar refractivity (Wildman–Crippen MR) is 106 cm³/mol. The van der Waals surface area contributed by atoms with Gasteiger partial charge in [0.05, 0.1) is 22.8 Å². The second kappa shape index (κ2) is 6.82. The van der Waals surface area contributed by atoms with E-state index in [0.717, 1.165) is 12.0 Å².